The van der Waals surface area contributed by atoms with Crippen LogP contribution in [0.2, 0.25) is 0 Å². The normalized spacial score (nSPS) is 29.1. The molecule has 3 fully saturated rings. The Morgan fingerprint density at radius 3 is 2.10 bits per heavy atom. The number of aliphatic hydroxyl groups is 2. The second-order valence-corrected chi connectivity index (χ2v) is 10.0. The van der Waals surface area contributed by atoms with Gasteiger partial charge in [0, 0.05) is 25.7 Å². The van der Waals surface area contributed by atoms with Gasteiger partial charge in [-0.15, -0.1) is 0 Å². The molecule has 2 aromatic carbocycles. The lowest BCUT2D eigenvalue weighted by molar-refractivity contribution is -0.0630. The second kappa shape index (κ2) is 9.03. The fourth-order valence-corrected chi connectivity index (χ4v) is 6.43. The number of nitrogens with zero attached hydrogens (tertiary/aromatic N) is 2. The van der Waals surface area contributed by atoms with Crippen molar-refractivity contribution in [2.24, 2.45) is 17.8 Å². The van der Waals surface area contributed by atoms with Crippen LogP contribution < -0.4 is 0 Å². The van der Waals surface area contributed by atoms with E-state index in [9.17, 15) is 10.2 Å². The Morgan fingerprint density at radius 1 is 0.903 bits per heavy atom. The van der Waals surface area contributed by atoms with E-state index in [1.165, 1.54) is 18.4 Å². The standard InChI is InChI=1S/C27H36N2O2/c1-28(25-22-17-29(18-23(22)25)16-19-10-4-2-5-11-19)24(20-12-6-3-7-13-20)27(31)26(30)21-14-8-9-15-21/h2-7,10-13,21-27,30-31H,8-9,14-18H2,1H3. The van der Waals surface area contributed by atoms with Crippen molar-refractivity contribution in [3.05, 3.63) is 71.8 Å². The van der Waals surface area contributed by atoms with Gasteiger partial charge in [0.05, 0.1) is 18.2 Å². The van der Waals surface area contributed by atoms with E-state index < -0.39 is 12.2 Å². The minimum atomic E-state index is -0.753. The number of hydrogen-bond acceptors (Lipinski definition) is 4. The molecule has 1 heterocycles. The highest BCUT2D eigenvalue weighted by molar-refractivity contribution is 5.24. The van der Waals surface area contributed by atoms with Crippen LogP contribution in [0.1, 0.15) is 42.9 Å². The van der Waals surface area contributed by atoms with Crippen LogP contribution in [0.25, 0.3) is 0 Å². The van der Waals surface area contributed by atoms with Crippen molar-refractivity contribution in [1.29, 1.82) is 0 Å². The van der Waals surface area contributed by atoms with Crippen LogP contribution in [0.5, 0.6) is 0 Å². The Balaban J connectivity index is 1.27. The van der Waals surface area contributed by atoms with Gasteiger partial charge >= 0.3 is 0 Å². The maximum atomic E-state index is 11.3. The quantitative estimate of drug-likeness (QED) is 0.684. The molecule has 2 saturated carbocycles. The Hall–Kier alpha value is -1.72. The lowest BCUT2D eigenvalue weighted by atomic mass is 9.88. The summed E-state index contributed by atoms with van der Waals surface area (Å²) in [5, 5.41) is 22.4. The third-order valence-electron chi connectivity index (χ3n) is 8.08. The van der Waals surface area contributed by atoms with Crippen LogP contribution in [0, 0.1) is 17.8 Å². The summed E-state index contributed by atoms with van der Waals surface area (Å²) in [4.78, 5) is 4.95. The highest BCUT2D eigenvalue weighted by Gasteiger charge is 2.59. The van der Waals surface area contributed by atoms with Gasteiger partial charge in [-0.1, -0.05) is 73.5 Å². The monoisotopic (exact) mass is 420 g/mol. The van der Waals surface area contributed by atoms with Crippen LogP contribution in [0.4, 0.5) is 0 Å². The van der Waals surface area contributed by atoms with Crippen molar-refractivity contribution in [2.45, 2.75) is 56.5 Å². The zero-order chi connectivity index (χ0) is 21.4. The average Bonchev–Trinajstić information content (AvgIpc) is 3.16. The molecule has 2 N–H and O–H groups in total. The van der Waals surface area contributed by atoms with Crippen molar-refractivity contribution in [1.82, 2.24) is 9.80 Å². The lowest BCUT2D eigenvalue weighted by Gasteiger charge is -2.38. The van der Waals surface area contributed by atoms with E-state index in [1.54, 1.807) is 0 Å². The van der Waals surface area contributed by atoms with Gasteiger partial charge in [-0.2, -0.15) is 0 Å². The van der Waals surface area contributed by atoms with Crippen molar-refractivity contribution in [2.75, 3.05) is 20.1 Å². The molecule has 2 aliphatic carbocycles. The van der Waals surface area contributed by atoms with Gasteiger partial charge in [-0.05, 0) is 48.8 Å². The highest BCUT2D eigenvalue weighted by Crippen LogP contribution is 2.51. The van der Waals surface area contributed by atoms with Crippen LogP contribution in [-0.4, -0.2) is 58.4 Å². The molecule has 0 aromatic heterocycles. The molecule has 0 spiro atoms. The SMILES string of the molecule is CN(C(c1ccccc1)C(O)C(O)C1CCCC1)C1C2CN(Cc3ccccc3)CC21. The smallest absolute Gasteiger partial charge is 0.0998 e. The van der Waals surface area contributed by atoms with E-state index in [1.807, 2.05) is 18.2 Å². The minimum absolute atomic E-state index is 0.157. The first kappa shape index (κ1) is 21.1. The fraction of sp³-hybridized carbons (Fsp3) is 0.556. The predicted octanol–water partition coefficient (Wildman–Crippen LogP) is 3.70. The topological polar surface area (TPSA) is 46.9 Å². The summed E-state index contributed by atoms with van der Waals surface area (Å²) in [7, 11) is 2.16. The van der Waals surface area contributed by atoms with Crippen molar-refractivity contribution < 1.29 is 10.2 Å². The van der Waals surface area contributed by atoms with E-state index in [0.717, 1.165) is 38.0 Å². The third-order valence-corrected chi connectivity index (χ3v) is 8.08. The molecular weight excluding hydrogens is 384 g/mol. The molecule has 1 aliphatic heterocycles. The molecule has 31 heavy (non-hydrogen) atoms. The van der Waals surface area contributed by atoms with Gasteiger partial charge in [0.2, 0.25) is 0 Å². The molecule has 5 atom stereocenters. The number of hydrogen-bond donors (Lipinski definition) is 2. The zero-order valence-corrected chi connectivity index (χ0v) is 18.6. The maximum absolute atomic E-state index is 11.3. The molecular formula is C27H36N2O2. The molecule has 5 rings (SSSR count). The van der Waals surface area contributed by atoms with Crippen LogP contribution >= 0.6 is 0 Å². The summed E-state index contributed by atoms with van der Waals surface area (Å²) in [5.74, 6) is 1.56. The molecule has 3 aliphatic rings. The average molecular weight is 421 g/mol. The molecule has 1 saturated heterocycles. The number of aliphatic hydroxyl groups excluding tert-OH is 2. The summed E-state index contributed by atoms with van der Waals surface area (Å²) >= 11 is 0. The van der Waals surface area contributed by atoms with Crippen molar-refractivity contribution in [3.63, 3.8) is 0 Å². The Labute approximate surface area is 186 Å². The van der Waals surface area contributed by atoms with E-state index in [-0.39, 0.29) is 12.0 Å². The first-order chi connectivity index (χ1) is 15.1. The molecule has 0 radical (unpaired) electrons. The molecule has 0 bridgehead atoms. The van der Waals surface area contributed by atoms with Gasteiger partial charge in [0.15, 0.2) is 0 Å². The minimum Gasteiger partial charge on any atom is -0.390 e. The highest BCUT2D eigenvalue weighted by atomic mass is 16.3. The zero-order valence-electron chi connectivity index (χ0n) is 18.6. The van der Waals surface area contributed by atoms with Gasteiger partial charge in [0.1, 0.15) is 0 Å². The molecule has 166 valence electrons. The number of likely N-dealkylation sites (N-methyl/N-ethyl adjacent to an activating group) is 1. The van der Waals surface area contributed by atoms with Gasteiger partial charge in [-0.25, -0.2) is 0 Å². The maximum Gasteiger partial charge on any atom is 0.0998 e. The molecule has 2 aromatic rings. The summed E-state index contributed by atoms with van der Waals surface area (Å²) in [6.07, 6.45) is 3.01. The molecule has 0 amide bonds. The molecule has 4 nitrogen and oxygen atoms in total. The molecule has 4 heteroatoms. The Bertz CT molecular complexity index is 827. The number of fused-ring (bicyclic) bond motifs is 1. The lowest BCUT2D eigenvalue weighted by Crippen LogP contribution is -2.45. The van der Waals surface area contributed by atoms with Crippen LogP contribution in [0.15, 0.2) is 60.7 Å². The summed E-state index contributed by atoms with van der Waals surface area (Å²) in [6.45, 7) is 3.27. The fourth-order valence-electron chi connectivity index (χ4n) is 6.43. The van der Waals surface area contributed by atoms with E-state index >= 15 is 0 Å². The van der Waals surface area contributed by atoms with Gasteiger partial charge in [-0.3, -0.25) is 9.80 Å². The number of benzene rings is 2. The van der Waals surface area contributed by atoms with E-state index in [0.29, 0.717) is 17.9 Å². The number of piperidine rings is 1. The number of likely N-dealkylation sites (tertiary alicyclic amines) is 1. The van der Waals surface area contributed by atoms with E-state index in [2.05, 4.69) is 59.3 Å². The van der Waals surface area contributed by atoms with Crippen LogP contribution in [-0.2, 0) is 6.54 Å². The van der Waals surface area contributed by atoms with Crippen molar-refractivity contribution >= 4 is 0 Å². The third kappa shape index (κ3) is 4.31. The Morgan fingerprint density at radius 2 is 1.48 bits per heavy atom. The Kier molecular flexibility index (Phi) is 6.16. The first-order valence-corrected chi connectivity index (χ1v) is 12.0. The summed E-state index contributed by atoms with van der Waals surface area (Å²) in [6, 6.07) is 21.4. The second-order valence-electron chi connectivity index (χ2n) is 10.0. The first-order valence-electron chi connectivity index (χ1n) is 12.0. The van der Waals surface area contributed by atoms with Gasteiger partial charge in [0.25, 0.3) is 0 Å². The van der Waals surface area contributed by atoms with Crippen molar-refractivity contribution in [3.8, 4) is 0 Å². The summed E-state index contributed by atoms with van der Waals surface area (Å²) < 4.78 is 0. The molecule has 5 unspecified atom stereocenters. The summed E-state index contributed by atoms with van der Waals surface area (Å²) in [5.41, 5.74) is 2.49. The van der Waals surface area contributed by atoms with E-state index in [4.69, 9.17) is 0 Å². The van der Waals surface area contributed by atoms with Gasteiger partial charge < -0.3 is 10.2 Å². The predicted molar refractivity (Wildman–Crippen MR) is 123 cm³/mol. The largest absolute Gasteiger partial charge is 0.390 e. The number of rotatable bonds is 8. The van der Waals surface area contributed by atoms with Crippen LogP contribution in [0.3, 0.4) is 0 Å².